The smallest absolute Gasteiger partial charge is 0.381 e. The van der Waals surface area contributed by atoms with E-state index in [1.807, 2.05) is 0 Å². The van der Waals surface area contributed by atoms with Gasteiger partial charge in [0.25, 0.3) is 0 Å². The molecule has 2 atom stereocenters. The zero-order valence-electron chi connectivity index (χ0n) is 18.1. The summed E-state index contributed by atoms with van der Waals surface area (Å²) >= 11 is 0. The third-order valence-electron chi connectivity index (χ3n) is 5.84. The largest absolute Gasteiger partial charge is 0.434 e. The van der Waals surface area contributed by atoms with E-state index in [4.69, 9.17) is 11.5 Å². The molecule has 15 heteroatoms. The number of alkyl halides is 6. The van der Waals surface area contributed by atoms with E-state index in [1.54, 1.807) is 6.92 Å². The van der Waals surface area contributed by atoms with Crippen LogP contribution in [-0.4, -0.2) is 52.4 Å². The standard InChI is InChI=1S/C20H20F6N6O2S/c1-10-2-3-13(35(33,34)31-7-11(19(21,22)23)4-12(27)8-31)5-14(10)15-6-29-18-17(28)30-16(9-32(15)18)20(24,25)26/h2-3,5-6,9,11-12H,4,7-8,27H2,1H3,(H2,28,30)/t11-,12+/m0/s1. The second kappa shape index (κ2) is 8.34. The summed E-state index contributed by atoms with van der Waals surface area (Å²) in [5.74, 6) is -2.39. The molecule has 0 bridgehead atoms. The summed E-state index contributed by atoms with van der Waals surface area (Å²) in [6.45, 7) is 0.511. The number of sulfonamides is 1. The summed E-state index contributed by atoms with van der Waals surface area (Å²) < 4.78 is 108. The van der Waals surface area contributed by atoms with Crippen molar-refractivity contribution < 1.29 is 34.8 Å². The highest BCUT2D eigenvalue weighted by atomic mass is 32.2. The van der Waals surface area contributed by atoms with Crippen LogP contribution in [0.25, 0.3) is 16.9 Å². The Kier molecular flexibility index (Phi) is 6.00. The van der Waals surface area contributed by atoms with Crippen LogP contribution in [0.15, 0.2) is 35.5 Å². The van der Waals surface area contributed by atoms with Crippen LogP contribution in [0.4, 0.5) is 32.2 Å². The fraction of sp³-hybridized carbons (Fsp3) is 0.400. The Labute approximate surface area is 195 Å². The lowest BCUT2D eigenvalue weighted by Gasteiger charge is -2.36. The maximum absolute atomic E-state index is 13.3. The Morgan fingerprint density at radius 2 is 1.80 bits per heavy atom. The number of halogens is 6. The average Bonchev–Trinajstić information content (AvgIpc) is 3.17. The van der Waals surface area contributed by atoms with Crippen molar-refractivity contribution in [3.8, 4) is 11.3 Å². The number of aryl methyl sites for hydroxylation is 1. The molecule has 0 saturated carbocycles. The predicted octanol–water partition coefficient (Wildman–Crippen LogP) is 3.21. The zero-order chi connectivity index (χ0) is 25.9. The van der Waals surface area contributed by atoms with E-state index in [0.717, 1.165) is 4.40 Å². The van der Waals surface area contributed by atoms with Gasteiger partial charge in [-0.25, -0.2) is 18.4 Å². The molecule has 35 heavy (non-hydrogen) atoms. The van der Waals surface area contributed by atoms with Gasteiger partial charge in [-0.2, -0.15) is 30.6 Å². The lowest BCUT2D eigenvalue weighted by molar-refractivity contribution is -0.183. The number of nitrogen functional groups attached to an aromatic ring is 1. The molecule has 0 aliphatic carbocycles. The molecule has 3 heterocycles. The molecule has 190 valence electrons. The number of rotatable bonds is 3. The molecule has 1 fully saturated rings. The third kappa shape index (κ3) is 4.67. The molecule has 0 spiro atoms. The van der Waals surface area contributed by atoms with Crippen molar-refractivity contribution in [3.63, 3.8) is 0 Å². The van der Waals surface area contributed by atoms with Crippen molar-refractivity contribution in [1.82, 2.24) is 18.7 Å². The molecule has 0 radical (unpaired) electrons. The molecule has 0 amide bonds. The molecule has 1 aliphatic heterocycles. The van der Waals surface area contributed by atoms with Gasteiger partial charge in [0.2, 0.25) is 10.0 Å². The first-order chi connectivity index (χ1) is 16.1. The van der Waals surface area contributed by atoms with E-state index >= 15 is 0 Å². The summed E-state index contributed by atoms with van der Waals surface area (Å²) in [4.78, 5) is 6.98. The number of nitrogens with zero attached hydrogens (tertiary/aromatic N) is 4. The van der Waals surface area contributed by atoms with E-state index in [9.17, 15) is 34.8 Å². The fourth-order valence-corrected chi connectivity index (χ4v) is 5.63. The van der Waals surface area contributed by atoms with Crippen LogP contribution in [0.5, 0.6) is 0 Å². The van der Waals surface area contributed by atoms with Crippen LogP contribution in [-0.2, 0) is 16.2 Å². The molecular formula is C20H20F6N6O2S. The third-order valence-corrected chi connectivity index (χ3v) is 7.67. The Bertz CT molecular complexity index is 1390. The number of imidazole rings is 1. The molecule has 2 aromatic heterocycles. The second-order valence-electron chi connectivity index (χ2n) is 8.38. The van der Waals surface area contributed by atoms with E-state index in [1.165, 1.54) is 24.4 Å². The van der Waals surface area contributed by atoms with Gasteiger partial charge >= 0.3 is 12.4 Å². The molecule has 1 aromatic carbocycles. The normalized spacial score (nSPS) is 20.5. The summed E-state index contributed by atoms with van der Waals surface area (Å²) in [5, 5.41) is 0. The second-order valence-corrected chi connectivity index (χ2v) is 10.3. The SMILES string of the molecule is Cc1ccc(S(=O)(=O)N2C[C@H](N)C[C@H](C(F)(F)F)C2)cc1-c1cnc2c(N)nc(C(F)(F)F)cn12. The van der Waals surface area contributed by atoms with Crippen LogP contribution in [0, 0.1) is 12.8 Å². The van der Waals surface area contributed by atoms with Gasteiger partial charge in [-0.3, -0.25) is 4.40 Å². The molecule has 4 rings (SSSR count). The number of nitrogens with two attached hydrogens (primary N) is 2. The minimum absolute atomic E-state index is 0.0734. The highest BCUT2D eigenvalue weighted by molar-refractivity contribution is 7.89. The van der Waals surface area contributed by atoms with E-state index in [2.05, 4.69) is 9.97 Å². The van der Waals surface area contributed by atoms with Crippen molar-refractivity contribution >= 4 is 21.5 Å². The Balaban J connectivity index is 1.80. The van der Waals surface area contributed by atoms with Gasteiger partial charge in [0.15, 0.2) is 17.2 Å². The Morgan fingerprint density at radius 1 is 1.11 bits per heavy atom. The van der Waals surface area contributed by atoms with Crippen molar-refractivity contribution in [2.24, 2.45) is 11.7 Å². The van der Waals surface area contributed by atoms with Crippen LogP contribution >= 0.6 is 0 Å². The van der Waals surface area contributed by atoms with Gasteiger partial charge in [0.1, 0.15) is 0 Å². The molecular weight excluding hydrogens is 502 g/mol. The number of aromatic nitrogens is 3. The minimum atomic E-state index is -4.80. The summed E-state index contributed by atoms with van der Waals surface area (Å²) in [6, 6.07) is 2.80. The topological polar surface area (TPSA) is 120 Å². The predicted molar refractivity (Wildman–Crippen MR) is 113 cm³/mol. The summed E-state index contributed by atoms with van der Waals surface area (Å²) in [6.07, 6.45) is -7.92. The number of benzene rings is 1. The van der Waals surface area contributed by atoms with Crippen molar-refractivity contribution in [3.05, 3.63) is 41.9 Å². The maximum Gasteiger partial charge on any atom is 0.434 e. The Hall–Kier alpha value is -2.91. The summed E-state index contributed by atoms with van der Waals surface area (Å²) in [7, 11) is -4.40. The highest BCUT2D eigenvalue weighted by Gasteiger charge is 2.46. The minimum Gasteiger partial charge on any atom is -0.381 e. The van der Waals surface area contributed by atoms with Gasteiger partial charge in [0.05, 0.1) is 22.7 Å². The fourth-order valence-electron chi connectivity index (χ4n) is 4.06. The molecule has 3 aromatic rings. The van der Waals surface area contributed by atoms with Crippen LogP contribution in [0.3, 0.4) is 0 Å². The number of piperidine rings is 1. The van der Waals surface area contributed by atoms with E-state index in [0.29, 0.717) is 16.1 Å². The first-order valence-corrected chi connectivity index (χ1v) is 11.7. The molecule has 1 saturated heterocycles. The summed E-state index contributed by atoms with van der Waals surface area (Å²) in [5.41, 5.74) is 10.8. The first kappa shape index (κ1) is 25.2. The Morgan fingerprint density at radius 3 is 2.43 bits per heavy atom. The zero-order valence-corrected chi connectivity index (χ0v) is 18.9. The van der Waals surface area contributed by atoms with Crippen LogP contribution in [0.2, 0.25) is 0 Å². The van der Waals surface area contributed by atoms with Gasteiger partial charge in [-0.05, 0) is 31.0 Å². The number of hydrogen-bond donors (Lipinski definition) is 2. The number of anilines is 1. The van der Waals surface area contributed by atoms with Crippen molar-refractivity contribution in [2.75, 3.05) is 18.8 Å². The van der Waals surface area contributed by atoms with E-state index in [-0.39, 0.29) is 28.3 Å². The van der Waals surface area contributed by atoms with Crippen LogP contribution < -0.4 is 11.5 Å². The lowest BCUT2D eigenvalue weighted by Crippen LogP contribution is -2.52. The lowest BCUT2D eigenvalue weighted by atomic mass is 9.96. The first-order valence-electron chi connectivity index (χ1n) is 10.2. The highest BCUT2D eigenvalue weighted by Crippen LogP contribution is 2.36. The molecule has 8 nitrogen and oxygen atoms in total. The average molecular weight is 522 g/mol. The quantitative estimate of drug-likeness (QED) is 0.510. The van der Waals surface area contributed by atoms with Gasteiger partial charge in [0, 0.05) is 30.9 Å². The van der Waals surface area contributed by atoms with Gasteiger partial charge in [-0.1, -0.05) is 6.07 Å². The van der Waals surface area contributed by atoms with Crippen LogP contribution in [0.1, 0.15) is 17.7 Å². The van der Waals surface area contributed by atoms with Crippen molar-refractivity contribution in [1.29, 1.82) is 0 Å². The maximum atomic E-state index is 13.3. The molecule has 4 N–H and O–H groups in total. The molecule has 0 unspecified atom stereocenters. The molecule has 1 aliphatic rings. The van der Waals surface area contributed by atoms with Crippen molar-refractivity contribution in [2.45, 2.75) is 36.6 Å². The van der Waals surface area contributed by atoms with Gasteiger partial charge < -0.3 is 11.5 Å². The van der Waals surface area contributed by atoms with Gasteiger partial charge in [-0.15, -0.1) is 0 Å². The van der Waals surface area contributed by atoms with E-state index < -0.39 is 58.8 Å². The monoisotopic (exact) mass is 522 g/mol. The number of hydrogen-bond acceptors (Lipinski definition) is 6. The number of fused-ring (bicyclic) bond motifs is 1.